The number of carbonyl (C=O) groups excluding carboxylic acids is 1. The van der Waals surface area contributed by atoms with Crippen molar-refractivity contribution in [3.8, 4) is 11.4 Å². The average Bonchev–Trinajstić information content (AvgIpc) is 2.83. The molecular formula is C21H23N3O. The summed E-state index contributed by atoms with van der Waals surface area (Å²) in [5, 5.41) is 2.97. The first-order valence-electron chi connectivity index (χ1n) is 8.75. The second-order valence-corrected chi connectivity index (χ2v) is 7.80. The number of aromatic nitrogens is 2. The Balaban J connectivity index is 1.95. The number of amides is 1. The molecule has 0 fully saturated rings. The maximum Gasteiger partial charge on any atom is 0.253 e. The van der Waals surface area contributed by atoms with Gasteiger partial charge in [0, 0.05) is 18.7 Å². The van der Waals surface area contributed by atoms with Gasteiger partial charge >= 0.3 is 0 Å². The zero-order valence-electron chi connectivity index (χ0n) is 15.2. The number of nitrogens with zero attached hydrogens (tertiary/aromatic N) is 2. The standard InChI is InChI=1S/C21H23N3O/c1-13-12-14(21(2,3)4)8-9-15(13)19-23-17-7-5-6-16-18(17)24(19)11-10-22-20(16)25/h5-9,12H,10-11H2,1-4H3,(H,22,25). The van der Waals surface area contributed by atoms with Crippen molar-refractivity contribution in [3.63, 3.8) is 0 Å². The summed E-state index contributed by atoms with van der Waals surface area (Å²) in [6.07, 6.45) is 0. The third kappa shape index (κ3) is 2.53. The Hall–Kier alpha value is -2.62. The van der Waals surface area contributed by atoms with Crippen LogP contribution in [0, 0.1) is 6.92 Å². The molecule has 4 nitrogen and oxygen atoms in total. The lowest BCUT2D eigenvalue weighted by atomic mass is 9.85. The molecule has 0 aliphatic carbocycles. The Bertz CT molecular complexity index is 992. The predicted octanol–water partition coefficient (Wildman–Crippen LogP) is 4.05. The number of carbonyl (C=O) groups is 1. The Labute approximate surface area is 147 Å². The van der Waals surface area contributed by atoms with Crippen molar-refractivity contribution in [2.75, 3.05) is 6.54 Å². The molecule has 0 radical (unpaired) electrons. The van der Waals surface area contributed by atoms with Crippen LogP contribution < -0.4 is 5.32 Å². The lowest BCUT2D eigenvalue weighted by Crippen LogP contribution is -2.24. The number of imidazole rings is 1. The van der Waals surface area contributed by atoms with E-state index in [-0.39, 0.29) is 11.3 Å². The minimum atomic E-state index is -0.0180. The van der Waals surface area contributed by atoms with Crippen LogP contribution in [0.15, 0.2) is 36.4 Å². The molecule has 1 N–H and O–H groups in total. The molecule has 1 aliphatic rings. The van der Waals surface area contributed by atoms with E-state index in [2.05, 4.69) is 55.8 Å². The van der Waals surface area contributed by atoms with Gasteiger partial charge in [0.1, 0.15) is 5.82 Å². The van der Waals surface area contributed by atoms with Crippen LogP contribution in [-0.4, -0.2) is 22.0 Å². The predicted molar refractivity (Wildman–Crippen MR) is 101 cm³/mol. The Morgan fingerprint density at radius 3 is 2.64 bits per heavy atom. The summed E-state index contributed by atoms with van der Waals surface area (Å²) in [4.78, 5) is 17.2. The fourth-order valence-corrected chi connectivity index (χ4v) is 3.55. The molecular weight excluding hydrogens is 310 g/mol. The maximum absolute atomic E-state index is 12.3. The summed E-state index contributed by atoms with van der Waals surface area (Å²) in [6, 6.07) is 12.4. The highest BCUT2D eigenvalue weighted by Crippen LogP contribution is 2.32. The van der Waals surface area contributed by atoms with Gasteiger partial charge in [-0.05, 0) is 35.6 Å². The van der Waals surface area contributed by atoms with E-state index in [1.165, 1.54) is 11.1 Å². The van der Waals surface area contributed by atoms with Gasteiger partial charge in [0.15, 0.2) is 0 Å². The molecule has 0 saturated heterocycles. The van der Waals surface area contributed by atoms with Gasteiger partial charge in [-0.15, -0.1) is 0 Å². The normalized spacial score (nSPS) is 14.5. The number of nitrogens with one attached hydrogen (secondary N) is 1. The van der Waals surface area contributed by atoms with E-state index in [4.69, 9.17) is 4.98 Å². The zero-order chi connectivity index (χ0) is 17.8. The van der Waals surface area contributed by atoms with Crippen molar-refractivity contribution in [1.29, 1.82) is 0 Å². The number of benzene rings is 2. The summed E-state index contributed by atoms with van der Waals surface area (Å²) < 4.78 is 2.18. The Morgan fingerprint density at radius 2 is 1.92 bits per heavy atom. The first-order chi connectivity index (χ1) is 11.9. The second-order valence-electron chi connectivity index (χ2n) is 7.80. The summed E-state index contributed by atoms with van der Waals surface area (Å²) in [6.45, 7) is 10.2. The van der Waals surface area contributed by atoms with Crippen molar-refractivity contribution in [1.82, 2.24) is 14.9 Å². The quantitative estimate of drug-likeness (QED) is 0.730. The fraction of sp³-hybridized carbons (Fsp3) is 0.333. The molecule has 1 amide bonds. The SMILES string of the molecule is Cc1cc(C(C)(C)C)ccc1-c1nc2cccc3c2n1CCNC3=O. The highest BCUT2D eigenvalue weighted by Gasteiger charge is 2.23. The first-order valence-corrected chi connectivity index (χ1v) is 8.75. The van der Waals surface area contributed by atoms with E-state index in [9.17, 15) is 4.79 Å². The summed E-state index contributed by atoms with van der Waals surface area (Å²) in [5.74, 6) is 0.924. The smallest absolute Gasteiger partial charge is 0.253 e. The minimum absolute atomic E-state index is 0.0180. The van der Waals surface area contributed by atoms with Gasteiger partial charge < -0.3 is 9.88 Å². The molecule has 1 aliphatic heterocycles. The highest BCUT2D eigenvalue weighted by atomic mass is 16.1. The number of aryl methyl sites for hydroxylation is 1. The molecule has 0 atom stereocenters. The minimum Gasteiger partial charge on any atom is -0.350 e. The van der Waals surface area contributed by atoms with Gasteiger partial charge in [0.05, 0.1) is 16.6 Å². The summed E-state index contributed by atoms with van der Waals surface area (Å²) in [5.41, 5.74) is 6.30. The molecule has 0 spiro atoms. The largest absolute Gasteiger partial charge is 0.350 e. The van der Waals surface area contributed by atoms with Crippen LogP contribution >= 0.6 is 0 Å². The highest BCUT2D eigenvalue weighted by molar-refractivity contribution is 6.06. The molecule has 2 heterocycles. The van der Waals surface area contributed by atoms with Crippen molar-refractivity contribution < 1.29 is 4.79 Å². The molecule has 25 heavy (non-hydrogen) atoms. The first kappa shape index (κ1) is 15.9. The average molecular weight is 333 g/mol. The van der Waals surface area contributed by atoms with Crippen LogP contribution in [0.3, 0.4) is 0 Å². The van der Waals surface area contributed by atoms with Gasteiger partial charge in [-0.25, -0.2) is 4.98 Å². The van der Waals surface area contributed by atoms with E-state index in [1.54, 1.807) is 0 Å². The van der Waals surface area contributed by atoms with Gasteiger partial charge in [-0.2, -0.15) is 0 Å². The van der Waals surface area contributed by atoms with Crippen LogP contribution in [0.1, 0.15) is 42.3 Å². The molecule has 0 unspecified atom stereocenters. The van der Waals surface area contributed by atoms with E-state index in [0.29, 0.717) is 12.1 Å². The van der Waals surface area contributed by atoms with Gasteiger partial charge in [0.2, 0.25) is 0 Å². The molecule has 4 heteroatoms. The lowest BCUT2D eigenvalue weighted by molar-refractivity contribution is 0.0956. The molecule has 1 aromatic heterocycles. The molecule has 3 aromatic rings. The van der Waals surface area contributed by atoms with E-state index in [1.807, 2.05) is 18.2 Å². The Kier molecular flexibility index (Phi) is 3.46. The number of para-hydroxylation sites is 1. The van der Waals surface area contributed by atoms with E-state index >= 15 is 0 Å². The summed E-state index contributed by atoms with van der Waals surface area (Å²) >= 11 is 0. The maximum atomic E-state index is 12.3. The van der Waals surface area contributed by atoms with Crippen molar-refractivity contribution in [2.24, 2.45) is 0 Å². The number of hydrogen-bond acceptors (Lipinski definition) is 2. The van der Waals surface area contributed by atoms with Crippen LogP contribution in [0.25, 0.3) is 22.4 Å². The molecule has 4 rings (SSSR count). The van der Waals surface area contributed by atoms with Gasteiger partial charge in [-0.1, -0.05) is 45.0 Å². The van der Waals surface area contributed by atoms with Gasteiger partial charge in [0.25, 0.3) is 5.91 Å². The number of rotatable bonds is 1. The van der Waals surface area contributed by atoms with Crippen molar-refractivity contribution in [3.05, 3.63) is 53.1 Å². The van der Waals surface area contributed by atoms with Crippen LogP contribution in [0.2, 0.25) is 0 Å². The number of hydrogen-bond donors (Lipinski definition) is 1. The topological polar surface area (TPSA) is 46.9 Å². The lowest BCUT2D eigenvalue weighted by Gasteiger charge is -2.20. The molecule has 2 aromatic carbocycles. The molecule has 0 saturated carbocycles. The summed E-state index contributed by atoms with van der Waals surface area (Å²) in [7, 11) is 0. The van der Waals surface area contributed by atoms with Crippen LogP contribution in [0.5, 0.6) is 0 Å². The molecule has 0 bridgehead atoms. The van der Waals surface area contributed by atoms with Crippen LogP contribution in [0.4, 0.5) is 0 Å². The van der Waals surface area contributed by atoms with E-state index in [0.717, 1.165) is 29.0 Å². The van der Waals surface area contributed by atoms with Gasteiger partial charge in [-0.3, -0.25) is 4.79 Å². The third-order valence-corrected chi connectivity index (χ3v) is 4.97. The van der Waals surface area contributed by atoms with Crippen molar-refractivity contribution >= 4 is 16.9 Å². The van der Waals surface area contributed by atoms with Crippen molar-refractivity contribution in [2.45, 2.75) is 39.7 Å². The third-order valence-electron chi connectivity index (χ3n) is 4.97. The van der Waals surface area contributed by atoms with Crippen LogP contribution in [-0.2, 0) is 12.0 Å². The Morgan fingerprint density at radius 1 is 1.12 bits per heavy atom. The fourth-order valence-electron chi connectivity index (χ4n) is 3.55. The zero-order valence-corrected chi connectivity index (χ0v) is 15.2. The monoisotopic (exact) mass is 333 g/mol. The van der Waals surface area contributed by atoms with E-state index < -0.39 is 0 Å². The second kappa shape index (κ2) is 5.45. The molecule has 128 valence electrons.